The fourth-order valence-corrected chi connectivity index (χ4v) is 11.3. The number of ether oxygens (including phenoxy) is 5. The smallest absolute Gasteiger partial charge is 0.314 e. The van der Waals surface area contributed by atoms with Crippen molar-refractivity contribution in [2.45, 2.75) is 148 Å². The molecule has 9 rings (SSSR count). The number of hydrogen-bond donors (Lipinski definition) is 2. The summed E-state index contributed by atoms with van der Waals surface area (Å²) in [5, 5.41) is 29.0. The third-order valence-electron chi connectivity index (χ3n) is 16.4. The molecule has 5 aromatic rings. The molecule has 0 radical (unpaired) electrons. The minimum Gasteiger partial charge on any atom is -0.491 e. The highest BCUT2D eigenvalue weighted by atomic mass is 79.9. The van der Waals surface area contributed by atoms with Gasteiger partial charge in [-0.3, -0.25) is 4.79 Å². The number of carboxylic acid groups (broad SMARTS) is 1. The number of methoxy groups -OCH3 is 5. The SMILES string of the molecule is COc1c(F)cc(Br)cc1F.COc1c(F)cc(C2(C#N)CCC(F)(F)CC2)cc1F.COc1c(F)cc(C2(C(=O)O)CCC(F)(F)CC2)cc1F.COc1c(F)cc(C2(C=O)CCC(F)(F)CC2)cc1F.COc1c(F)cc(C2(O)CCC(F)(F)CC2)cc1F. The lowest BCUT2D eigenvalue weighted by molar-refractivity contribution is -0.149. The second-order valence-corrected chi connectivity index (χ2v) is 23.0. The maximum Gasteiger partial charge on any atom is 0.314 e. The average molecular weight is 1390 g/mol. The summed E-state index contributed by atoms with van der Waals surface area (Å²) in [6.07, 6.45) is -5.33. The minimum atomic E-state index is -2.94. The van der Waals surface area contributed by atoms with E-state index in [-0.39, 0.29) is 79.4 Å². The Balaban J connectivity index is 0.000000209. The molecule has 0 unspecified atom stereocenters. The molecule has 0 aromatic heterocycles. The van der Waals surface area contributed by atoms with Gasteiger partial charge >= 0.3 is 5.97 Å². The molecule has 0 bridgehead atoms. The van der Waals surface area contributed by atoms with Crippen LogP contribution in [0, 0.1) is 69.5 Å². The van der Waals surface area contributed by atoms with E-state index in [0.717, 1.165) is 89.1 Å². The second-order valence-electron chi connectivity index (χ2n) is 22.1. The summed E-state index contributed by atoms with van der Waals surface area (Å²) < 4.78 is 263. The molecular weight excluding hydrogens is 1320 g/mol. The number of benzene rings is 5. The van der Waals surface area contributed by atoms with Gasteiger partial charge in [0.2, 0.25) is 23.7 Å². The van der Waals surface area contributed by atoms with Gasteiger partial charge in [-0.15, -0.1) is 0 Å². The van der Waals surface area contributed by atoms with Crippen molar-refractivity contribution in [2.24, 2.45) is 0 Å². The van der Waals surface area contributed by atoms with E-state index >= 15 is 0 Å². The van der Waals surface area contributed by atoms with Crippen molar-refractivity contribution in [2.75, 3.05) is 35.5 Å². The molecule has 10 nitrogen and oxygen atoms in total. The molecule has 0 spiro atoms. The zero-order valence-electron chi connectivity index (χ0n) is 49.0. The van der Waals surface area contributed by atoms with E-state index < -0.39 is 184 Å². The molecule has 0 atom stereocenters. The highest BCUT2D eigenvalue weighted by molar-refractivity contribution is 9.10. The lowest BCUT2D eigenvalue weighted by atomic mass is 9.68. The van der Waals surface area contributed by atoms with Crippen molar-refractivity contribution in [1.82, 2.24) is 0 Å². The molecule has 0 aliphatic heterocycles. The number of aldehydes is 1. The monoisotopic (exact) mass is 1380 g/mol. The van der Waals surface area contributed by atoms with Crippen LogP contribution in [0.25, 0.3) is 0 Å². The summed E-state index contributed by atoms with van der Waals surface area (Å²) in [5.74, 6) is -24.6. The van der Waals surface area contributed by atoms with Crippen molar-refractivity contribution in [3.05, 3.63) is 146 Å². The number of carbonyl (C=O) groups excluding carboxylic acids is 1. The average Bonchev–Trinajstić information content (AvgIpc) is 0.801. The number of aliphatic carboxylic acids is 1. The molecule has 91 heavy (non-hydrogen) atoms. The van der Waals surface area contributed by atoms with E-state index in [9.17, 15) is 104 Å². The van der Waals surface area contributed by atoms with Crippen LogP contribution < -0.4 is 23.7 Å². The number of rotatable bonds is 11. The van der Waals surface area contributed by atoms with Crippen LogP contribution in [0.3, 0.4) is 0 Å². The molecule has 4 fully saturated rings. The molecular formula is C62H60BrF18NO9. The molecule has 29 heteroatoms. The maximum atomic E-state index is 13.7. The van der Waals surface area contributed by atoms with Gasteiger partial charge in [-0.25, -0.2) is 79.0 Å². The van der Waals surface area contributed by atoms with E-state index in [4.69, 9.17) is 0 Å². The summed E-state index contributed by atoms with van der Waals surface area (Å²) in [6, 6.07) is 11.8. The van der Waals surface area contributed by atoms with Crippen molar-refractivity contribution < 1.29 is 123 Å². The predicted molar refractivity (Wildman–Crippen MR) is 294 cm³/mol. The van der Waals surface area contributed by atoms with Crippen molar-refractivity contribution in [1.29, 1.82) is 5.26 Å². The largest absolute Gasteiger partial charge is 0.491 e. The quantitative estimate of drug-likeness (QED) is 0.0968. The molecule has 0 heterocycles. The minimum absolute atomic E-state index is 0.0289. The van der Waals surface area contributed by atoms with Gasteiger partial charge in [0.15, 0.2) is 86.9 Å². The van der Waals surface area contributed by atoms with Crippen LogP contribution in [0.15, 0.2) is 65.1 Å². The van der Waals surface area contributed by atoms with Gasteiger partial charge in [0.25, 0.3) is 0 Å². The molecule has 5 aromatic carbocycles. The Labute approximate surface area is 518 Å². The van der Waals surface area contributed by atoms with Crippen molar-refractivity contribution in [3.63, 3.8) is 0 Å². The topological polar surface area (TPSA) is 145 Å². The summed E-state index contributed by atoms with van der Waals surface area (Å²) >= 11 is 2.94. The fraction of sp³-hybridized carbons (Fsp3) is 0.468. The Kier molecular flexibility index (Phi) is 24.3. The second kappa shape index (κ2) is 29.7. The summed E-state index contributed by atoms with van der Waals surface area (Å²) in [4.78, 5) is 22.9. The number of nitriles is 1. The van der Waals surface area contributed by atoms with Gasteiger partial charge in [-0.1, -0.05) is 15.9 Å². The van der Waals surface area contributed by atoms with E-state index in [0.29, 0.717) is 10.8 Å². The number of alkyl halides is 8. The number of carbonyl (C=O) groups is 2. The highest BCUT2D eigenvalue weighted by Crippen LogP contribution is 2.50. The first-order valence-electron chi connectivity index (χ1n) is 27.5. The van der Waals surface area contributed by atoms with Gasteiger partial charge < -0.3 is 38.7 Å². The molecule has 4 aliphatic rings. The van der Waals surface area contributed by atoms with Crippen LogP contribution >= 0.6 is 15.9 Å². The maximum absolute atomic E-state index is 13.7. The van der Waals surface area contributed by atoms with Crippen LogP contribution in [0.2, 0.25) is 0 Å². The van der Waals surface area contributed by atoms with E-state index in [2.05, 4.69) is 39.6 Å². The lowest BCUT2D eigenvalue weighted by Gasteiger charge is -2.37. The Hall–Kier alpha value is -7.09. The molecule has 4 saturated carbocycles. The number of halogens is 19. The van der Waals surface area contributed by atoms with Crippen molar-refractivity contribution in [3.8, 4) is 34.8 Å². The zero-order chi connectivity index (χ0) is 68.5. The number of nitrogens with zero attached hydrogens (tertiary/aromatic N) is 1. The first-order valence-corrected chi connectivity index (χ1v) is 28.3. The zero-order valence-corrected chi connectivity index (χ0v) is 50.6. The highest BCUT2D eigenvalue weighted by Gasteiger charge is 2.51. The van der Waals surface area contributed by atoms with Crippen LogP contribution in [-0.2, 0) is 31.4 Å². The molecule has 0 saturated heterocycles. The van der Waals surface area contributed by atoms with Crippen LogP contribution in [-0.4, -0.2) is 81.7 Å². The van der Waals surface area contributed by atoms with Gasteiger partial charge in [0.1, 0.15) is 6.29 Å². The van der Waals surface area contributed by atoms with Gasteiger partial charge in [0.05, 0.1) is 63.5 Å². The van der Waals surface area contributed by atoms with E-state index in [1.165, 1.54) is 7.11 Å². The van der Waals surface area contributed by atoms with Gasteiger partial charge in [-0.2, -0.15) is 5.26 Å². The summed E-state index contributed by atoms with van der Waals surface area (Å²) in [6.45, 7) is 0. The normalized spacial score (nSPS) is 19.2. The molecule has 500 valence electrons. The standard InChI is InChI=1S/C14H13F4NO.C14H14F4O3.C14H14F4O2.C13H14F4O2.C7H5BrF2O/c1-20-12-10(15)6-9(7-11(12)16)13(8-19)2-4-14(17,18)5-3-13;1-21-11-9(15)6-8(7-10(11)16)13(12(19)20)2-4-14(17,18)5-3-13;1-20-12-10(15)6-9(7-11(12)16)13(8-19)2-4-14(17,18)5-3-13;1-19-11-9(14)6-8(7-10(11)15)12(18)2-4-13(16,17)5-3-12;1-11-7-5(9)2-4(8)3-6(7)10/h6-7H,2-5H2,1H3;6-7H,2-5H2,1H3,(H,19,20);6-8H,2-5H2,1H3;6-7,18H,2-5H2,1H3;2-3H,1H3. The lowest BCUT2D eigenvalue weighted by Crippen LogP contribution is -2.42. The number of aliphatic hydroxyl groups is 1. The Bertz CT molecular complexity index is 3300. The van der Waals surface area contributed by atoms with E-state index in [1.807, 2.05) is 6.07 Å². The predicted octanol–water partition coefficient (Wildman–Crippen LogP) is 17.2. The van der Waals surface area contributed by atoms with Crippen molar-refractivity contribution >= 4 is 28.2 Å². The van der Waals surface area contributed by atoms with Gasteiger partial charge in [-0.05, 0) is 134 Å². The first kappa shape index (κ1) is 74.6. The number of carboxylic acids is 1. The first-order chi connectivity index (χ1) is 42.3. The number of hydrogen-bond acceptors (Lipinski definition) is 9. The fourth-order valence-electron chi connectivity index (χ4n) is 10.9. The third kappa shape index (κ3) is 17.7. The Morgan fingerprint density at radius 1 is 0.418 bits per heavy atom. The molecule has 4 aliphatic carbocycles. The summed E-state index contributed by atoms with van der Waals surface area (Å²) in [7, 11) is 5.67. The summed E-state index contributed by atoms with van der Waals surface area (Å²) in [5.41, 5.74) is -5.85. The molecule has 2 N–H and O–H groups in total. The molecule has 0 amide bonds. The third-order valence-corrected chi connectivity index (χ3v) is 16.9. The van der Waals surface area contributed by atoms with E-state index in [1.54, 1.807) is 0 Å². The van der Waals surface area contributed by atoms with Crippen LogP contribution in [0.5, 0.6) is 28.7 Å². The van der Waals surface area contributed by atoms with Gasteiger partial charge in [0, 0.05) is 55.8 Å². The Morgan fingerprint density at radius 3 is 0.956 bits per heavy atom. The van der Waals surface area contributed by atoms with Crippen LogP contribution in [0.1, 0.15) is 125 Å². The Morgan fingerprint density at radius 2 is 0.670 bits per heavy atom. The van der Waals surface area contributed by atoms with Crippen LogP contribution in [0.4, 0.5) is 79.0 Å².